The van der Waals surface area contributed by atoms with Gasteiger partial charge in [-0.3, -0.25) is 4.79 Å². The fourth-order valence-electron chi connectivity index (χ4n) is 1.44. The van der Waals surface area contributed by atoms with E-state index in [-0.39, 0.29) is 5.78 Å². The van der Waals surface area contributed by atoms with Gasteiger partial charge in [-0.1, -0.05) is 38.6 Å². The molecule has 0 unspecified atom stereocenters. The normalized spacial score (nSPS) is 10.2. The molecule has 1 nitrogen and oxygen atoms in total. The molecule has 0 N–H and O–H groups in total. The van der Waals surface area contributed by atoms with Gasteiger partial charge in [-0.15, -0.1) is 0 Å². The third-order valence-corrected chi connectivity index (χ3v) is 2.04. The number of ketones is 1. The van der Waals surface area contributed by atoms with Crippen LogP contribution in [0.25, 0.3) is 0 Å². The molecule has 1 rings (SSSR count). The number of rotatable bonds is 4. The van der Waals surface area contributed by atoms with Crippen LogP contribution in [0.2, 0.25) is 0 Å². The van der Waals surface area contributed by atoms with Crippen LogP contribution in [-0.2, 0) is 6.42 Å². The quantitative estimate of drug-likeness (QED) is 0.523. The molecule has 0 spiro atoms. The molecule has 1 aromatic carbocycles. The van der Waals surface area contributed by atoms with Gasteiger partial charge in [0, 0.05) is 5.56 Å². The van der Waals surface area contributed by atoms with Gasteiger partial charge < -0.3 is 0 Å². The summed E-state index contributed by atoms with van der Waals surface area (Å²) in [4.78, 5) is 11.3. The molecule has 0 aromatic heterocycles. The van der Waals surface area contributed by atoms with E-state index >= 15 is 0 Å². The number of allylic oxidation sites excluding steroid dienone is 1. The fourth-order valence-corrected chi connectivity index (χ4v) is 1.44. The zero-order valence-electron chi connectivity index (χ0n) is 8.79. The van der Waals surface area contributed by atoms with E-state index in [2.05, 4.69) is 26.5 Å². The Bertz CT molecular complexity index is 337. The Morgan fingerprint density at radius 1 is 1.50 bits per heavy atom. The maximum absolute atomic E-state index is 11.3. The van der Waals surface area contributed by atoms with Gasteiger partial charge in [-0.25, -0.2) is 0 Å². The maximum atomic E-state index is 11.3. The molecule has 74 valence electrons. The van der Waals surface area contributed by atoms with Crippen LogP contribution in [0.3, 0.4) is 0 Å². The first-order valence-electron chi connectivity index (χ1n) is 4.89. The van der Waals surface area contributed by atoms with Crippen LogP contribution in [0.15, 0.2) is 36.9 Å². The second-order valence-electron chi connectivity index (χ2n) is 3.87. The van der Waals surface area contributed by atoms with Crippen molar-refractivity contribution >= 4 is 5.78 Å². The Labute approximate surface area is 85.5 Å². The largest absolute Gasteiger partial charge is 0.289 e. The minimum Gasteiger partial charge on any atom is -0.289 e. The molecule has 0 atom stereocenters. The molecule has 0 aliphatic heterocycles. The van der Waals surface area contributed by atoms with Crippen molar-refractivity contribution in [2.45, 2.75) is 20.3 Å². The van der Waals surface area contributed by atoms with Gasteiger partial charge in [-0.05, 0) is 30.0 Å². The summed E-state index contributed by atoms with van der Waals surface area (Å²) in [5, 5.41) is 0. The lowest BCUT2D eigenvalue weighted by atomic mass is 10.00. The van der Waals surface area contributed by atoms with E-state index in [1.807, 2.05) is 18.2 Å². The summed E-state index contributed by atoms with van der Waals surface area (Å²) < 4.78 is 0. The molecule has 0 aliphatic rings. The highest BCUT2D eigenvalue weighted by molar-refractivity contribution is 6.04. The highest BCUT2D eigenvalue weighted by Gasteiger charge is 2.03. The van der Waals surface area contributed by atoms with Crippen LogP contribution in [0.4, 0.5) is 0 Å². The monoisotopic (exact) mass is 188 g/mol. The van der Waals surface area contributed by atoms with E-state index in [0.717, 1.165) is 12.0 Å². The van der Waals surface area contributed by atoms with E-state index < -0.39 is 0 Å². The number of hydrogen-bond acceptors (Lipinski definition) is 1. The van der Waals surface area contributed by atoms with Gasteiger partial charge in [0.05, 0.1) is 0 Å². The summed E-state index contributed by atoms with van der Waals surface area (Å²) in [5.74, 6) is 0.611. The van der Waals surface area contributed by atoms with Crippen molar-refractivity contribution in [2.75, 3.05) is 0 Å². The zero-order valence-corrected chi connectivity index (χ0v) is 8.79. The molecule has 0 bridgehead atoms. The van der Waals surface area contributed by atoms with Crippen LogP contribution >= 0.6 is 0 Å². The van der Waals surface area contributed by atoms with E-state index in [9.17, 15) is 4.79 Å². The van der Waals surface area contributed by atoms with Crippen molar-refractivity contribution in [3.8, 4) is 0 Å². The van der Waals surface area contributed by atoms with Crippen LogP contribution in [0.5, 0.6) is 0 Å². The van der Waals surface area contributed by atoms with Crippen molar-refractivity contribution in [1.29, 1.82) is 0 Å². The number of carbonyl (C=O) groups is 1. The third kappa shape index (κ3) is 2.84. The van der Waals surface area contributed by atoms with Gasteiger partial charge in [0.1, 0.15) is 0 Å². The highest BCUT2D eigenvalue weighted by atomic mass is 16.1. The molecule has 14 heavy (non-hydrogen) atoms. The lowest BCUT2D eigenvalue weighted by Gasteiger charge is -2.05. The standard InChI is InChI=1S/C13H16O/c1-4-13(14)12-7-5-6-11(9-12)8-10(2)3/h4-7,9-10H,1,8H2,2-3H3. The molecular weight excluding hydrogens is 172 g/mol. The molecular formula is C13H16O. The molecule has 0 amide bonds. The summed E-state index contributed by atoms with van der Waals surface area (Å²) in [6.45, 7) is 7.82. The van der Waals surface area contributed by atoms with E-state index in [0.29, 0.717) is 5.92 Å². The summed E-state index contributed by atoms with van der Waals surface area (Å²) in [6, 6.07) is 7.76. The number of hydrogen-bond donors (Lipinski definition) is 0. The molecule has 1 heteroatoms. The van der Waals surface area contributed by atoms with Crippen LogP contribution in [0.1, 0.15) is 29.8 Å². The van der Waals surface area contributed by atoms with E-state index in [4.69, 9.17) is 0 Å². The van der Waals surface area contributed by atoms with Crippen molar-refractivity contribution in [3.05, 3.63) is 48.0 Å². The Morgan fingerprint density at radius 3 is 2.79 bits per heavy atom. The zero-order chi connectivity index (χ0) is 10.6. The first-order chi connectivity index (χ1) is 6.63. The number of carbonyl (C=O) groups excluding carboxylic acids is 1. The van der Waals surface area contributed by atoms with Crippen LogP contribution < -0.4 is 0 Å². The molecule has 0 saturated carbocycles. The third-order valence-electron chi connectivity index (χ3n) is 2.04. The average Bonchev–Trinajstić information content (AvgIpc) is 2.16. The van der Waals surface area contributed by atoms with E-state index in [1.165, 1.54) is 11.6 Å². The fraction of sp³-hybridized carbons (Fsp3) is 0.308. The topological polar surface area (TPSA) is 17.1 Å². The van der Waals surface area contributed by atoms with Crippen LogP contribution in [0, 0.1) is 5.92 Å². The van der Waals surface area contributed by atoms with Gasteiger partial charge in [0.25, 0.3) is 0 Å². The maximum Gasteiger partial charge on any atom is 0.185 e. The predicted octanol–water partition coefficient (Wildman–Crippen LogP) is 3.25. The Balaban J connectivity index is 2.89. The lowest BCUT2D eigenvalue weighted by Crippen LogP contribution is -1.98. The molecule has 0 heterocycles. The predicted molar refractivity (Wildman–Crippen MR) is 59.5 cm³/mol. The van der Waals surface area contributed by atoms with Crippen LogP contribution in [-0.4, -0.2) is 5.78 Å². The van der Waals surface area contributed by atoms with Gasteiger partial charge in [0.2, 0.25) is 0 Å². The van der Waals surface area contributed by atoms with Gasteiger partial charge in [-0.2, -0.15) is 0 Å². The molecule has 0 radical (unpaired) electrons. The second kappa shape index (κ2) is 4.75. The molecule has 0 fully saturated rings. The van der Waals surface area contributed by atoms with Crippen molar-refractivity contribution in [3.63, 3.8) is 0 Å². The molecule has 0 aliphatic carbocycles. The highest BCUT2D eigenvalue weighted by Crippen LogP contribution is 2.11. The SMILES string of the molecule is C=CC(=O)c1cccc(CC(C)C)c1. The number of benzene rings is 1. The smallest absolute Gasteiger partial charge is 0.185 e. The summed E-state index contributed by atoms with van der Waals surface area (Å²) in [7, 11) is 0. The first kappa shape index (κ1) is 10.7. The summed E-state index contributed by atoms with van der Waals surface area (Å²) >= 11 is 0. The Hall–Kier alpha value is -1.37. The summed E-state index contributed by atoms with van der Waals surface area (Å²) in [5.41, 5.74) is 1.95. The molecule has 1 aromatic rings. The second-order valence-corrected chi connectivity index (χ2v) is 3.87. The van der Waals surface area contributed by atoms with Gasteiger partial charge in [0.15, 0.2) is 5.78 Å². The lowest BCUT2D eigenvalue weighted by molar-refractivity contribution is 0.104. The average molecular weight is 188 g/mol. The minimum atomic E-state index is -0.00407. The summed E-state index contributed by atoms with van der Waals surface area (Å²) in [6.07, 6.45) is 2.37. The van der Waals surface area contributed by atoms with E-state index in [1.54, 1.807) is 0 Å². The van der Waals surface area contributed by atoms with Crippen molar-refractivity contribution in [2.24, 2.45) is 5.92 Å². The van der Waals surface area contributed by atoms with Gasteiger partial charge >= 0.3 is 0 Å². The first-order valence-corrected chi connectivity index (χ1v) is 4.89. The minimum absolute atomic E-state index is 0.00407. The van der Waals surface area contributed by atoms with Crippen molar-refractivity contribution in [1.82, 2.24) is 0 Å². The molecule has 0 saturated heterocycles. The Kier molecular flexibility index (Phi) is 3.63. The Morgan fingerprint density at radius 2 is 2.21 bits per heavy atom. The van der Waals surface area contributed by atoms with Crippen molar-refractivity contribution < 1.29 is 4.79 Å².